The molecule has 0 aromatic carbocycles. The first-order valence-corrected chi connectivity index (χ1v) is 33.9. The van der Waals surface area contributed by atoms with Gasteiger partial charge in [0.2, 0.25) is 47.6 Å². The van der Waals surface area contributed by atoms with Crippen LogP contribution in [0.25, 0.3) is 0 Å². The van der Waals surface area contributed by atoms with Crippen molar-refractivity contribution in [3.05, 3.63) is 5.82 Å². The molecule has 8 rings (SSSR count). The Hall–Kier alpha value is -4.81. The van der Waals surface area contributed by atoms with Crippen molar-refractivity contribution < 1.29 is 0 Å². The summed E-state index contributed by atoms with van der Waals surface area (Å²) in [7, 11) is 13.0. The van der Waals surface area contributed by atoms with E-state index in [1.807, 2.05) is 6.92 Å². The van der Waals surface area contributed by atoms with E-state index in [9.17, 15) is 0 Å². The molecule has 23 heteroatoms. The molecule has 532 valence electrons. The molecule has 8 heterocycles. The first-order chi connectivity index (χ1) is 41.2. The molecule has 7 N–H and O–H groups in total. The van der Waals surface area contributed by atoms with Gasteiger partial charge in [-0.25, -0.2) is 0 Å². The number of piperidine rings is 5. The van der Waals surface area contributed by atoms with Gasteiger partial charge < -0.3 is 66.6 Å². The van der Waals surface area contributed by atoms with E-state index in [1.54, 1.807) is 0 Å². The molecular formula is C70H137N23. The van der Waals surface area contributed by atoms with Crippen LogP contribution < -0.4 is 66.6 Å². The summed E-state index contributed by atoms with van der Waals surface area (Å²) in [4.78, 5) is 63.1. The lowest BCUT2D eigenvalue weighted by atomic mass is 9.79. The van der Waals surface area contributed by atoms with E-state index >= 15 is 0 Å². The fourth-order valence-electron chi connectivity index (χ4n) is 17.2. The molecule has 3 aromatic rings. The van der Waals surface area contributed by atoms with E-state index in [0.29, 0.717) is 73.3 Å². The molecule has 0 spiro atoms. The normalized spacial score (nSPS) is 22.9. The van der Waals surface area contributed by atoms with Crippen LogP contribution in [0, 0.1) is 6.92 Å². The standard InChI is InChI=1S/C67H125N23.3CH4/c1-44-70-50(72-52(71-44)85(23)45-32-58(2,3)79-59(4,5)33-45)68-42-84(22)30-28-29-31-90(57-77-55(88(26)48-38-64(14,15)82-65(16,17)39-48)76-56(78-57)89(27)49-40-66(18,19)83-67(20,21)41-49)43-69-51-73-53(86(24)46-34-60(6,7)80-61(8,9)35-46)75-54(74-51)87(25)47-36-62(10,11)81-63(12,13)37-47;;;/h45-49,79-83H,28-43H2,1-27H3,(H,68,70,71,72)(H,69,73,74,75);3*1H4. The van der Waals surface area contributed by atoms with Gasteiger partial charge in [0.05, 0.1) is 13.3 Å². The molecule has 0 saturated carbocycles. The third-order valence-electron chi connectivity index (χ3n) is 19.5. The maximum atomic E-state index is 5.52. The number of nitrogens with zero attached hydrogens (tertiary/aromatic N) is 16. The molecule has 5 aliphatic heterocycles. The molecule has 0 aliphatic carbocycles. The summed E-state index contributed by atoms with van der Waals surface area (Å²) in [6.45, 7) is 50.4. The maximum absolute atomic E-state index is 5.52. The van der Waals surface area contributed by atoms with Gasteiger partial charge in [-0.1, -0.05) is 22.3 Å². The van der Waals surface area contributed by atoms with E-state index in [-0.39, 0.29) is 108 Å². The van der Waals surface area contributed by atoms with Gasteiger partial charge in [0.1, 0.15) is 5.82 Å². The minimum Gasteiger partial charge on any atom is -0.341 e. The molecule has 93 heavy (non-hydrogen) atoms. The lowest BCUT2D eigenvalue weighted by Gasteiger charge is -2.49. The topological polar surface area (TPSA) is 223 Å². The molecule has 0 bridgehead atoms. The Morgan fingerprint density at radius 2 is 0.538 bits per heavy atom. The monoisotopic (exact) mass is 1300 g/mol. The first kappa shape index (κ1) is 78.9. The van der Waals surface area contributed by atoms with Gasteiger partial charge in [0.25, 0.3) is 0 Å². The Morgan fingerprint density at radius 1 is 0.312 bits per heavy atom. The van der Waals surface area contributed by atoms with Crippen LogP contribution in [-0.2, 0) is 0 Å². The minimum absolute atomic E-state index is 0. The van der Waals surface area contributed by atoms with Crippen molar-refractivity contribution in [2.45, 2.75) is 330 Å². The van der Waals surface area contributed by atoms with E-state index in [2.05, 4.69) is 252 Å². The Morgan fingerprint density at radius 3 is 0.828 bits per heavy atom. The van der Waals surface area contributed by atoms with E-state index < -0.39 is 0 Å². The number of nitrogens with one attached hydrogen (secondary N) is 7. The number of rotatable bonds is 22. The lowest BCUT2D eigenvalue weighted by molar-refractivity contribution is 0.159. The zero-order valence-corrected chi connectivity index (χ0v) is 61.4. The summed E-state index contributed by atoms with van der Waals surface area (Å²) >= 11 is 0. The van der Waals surface area contributed by atoms with Crippen LogP contribution in [0.4, 0.5) is 47.6 Å². The zero-order chi connectivity index (χ0) is 66.8. The van der Waals surface area contributed by atoms with Gasteiger partial charge in [-0.2, -0.15) is 44.9 Å². The highest BCUT2D eigenvalue weighted by Crippen LogP contribution is 2.39. The van der Waals surface area contributed by atoms with Gasteiger partial charge >= 0.3 is 0 Å². The predicted octanol–water partition coefficient (Wildman–Crippen LogP) is 10.8. The van der Waals surface area contributed by atoms with Crippen LogP contribution >= 0.6 is 0 Å². The highest BCUT2D eigenvalue weighted by molar-refractivity contribution is 5.51. The van der Waals surface area contributed by atoms with Crippen molar-refractivity contribution in [2.24, 2.45) is 0 Å². The second-order valence-electron chi connectivity index (χ2n) is 35.0. The Bertz CT molecular complexity index is 2710. The second kappa shape index (κ2) is 28.7. The number of aryl methyl sites for hydroxylation is 1. The SMILES string of the molecule is C.C.C.Cc1nc(NCN(C)CCCCN(CNc2nc(N(C)C3CC(C)(C)NC(C)(C)C3)nc(N(C)C3CC(C)(C)NC(C)(C)C3)n2)c2nc(N(C)C3CC(C)(C)NC(C)(C)C3)nc(N(C)C3CC(C)(C)NC(C)(C)C3)n2)nc(N(C)C2CC(C)(C)NC(C)(C)C2)n1. The third-order valence-corrected chi connectivity index (χ3v) is 19.5. The average Bonchev–Trinajstić information content (AvgIpc) is 0.801. The van der Waals surface area contributed by atoms with E-state index in [0.717, 1.165) is 83.6 Å². The van der Waals surface area contributed by atoms with E-state index in [1.165, 1.54) is 0 Å². The molecule has 0 radical (unpaired) electrons. The number of anilines is 8. The largest absolute Gasteiger partial charge is 0.341 e. The first-order valence-electron chi connectivity index (χ1n) is 33.9. The van der Waals surface area contributed by atoms with Gasteiger partial charge in [-0.15, -0.1) is 0 Å². The van der Waals surface area contributed by atoms with Crippen molar-refractivity contribution in [1.82, 2.24) is 76.3 Å². The quantitative estimate of drug-likeness (QED) is 0.0367. The molecule has 5 fully saturated rings. The van der Waals surface area contributed by atoms with Crippen LogP contribution in [-0.4, -0.2) is 204 Å². The number of unbranched alkanes of at least 4 members (excludes halogenated alkanes) is 1. The summed E-state index contributed by atoms with van der Waals surface area (Å²) in [5, 5.41) is 26.8. The summed E-state index contributed by atoms with van der Waals surface area (Å²) in [6, 6.07) is 1.04. The van der Waals surface area contributed by atoms with Gasteiger partial charge in [-0.05, 0) is 236 Å². The summed E-state index contributed by atoms with van der Waals surface area (Å²) in [5.41, 5.74) is -0.651. The van der Waals surface area contributed by atoms with Crippen molar-refractivity contribution in [2.75, 3.05) is 109 Å². The van der Waals surface area contributed by atoms with Crippen LogP contribution in [0.3, 0.4) is 0 Å². The molecule has 5 aliphatic rings. The highest BCUT2D eigenvalue weighted by atomic mass is 15.4. The number of hydrogen-bond donors (Lipinski definition) is 7. The average molecular weight is 1300 g/mol. The zero-order valence-electron chi connectivity index (χ0n) is 61.4. The molecule has 5 saturated heterocycles. The summed E-state index contributed by atoms with van der Waals surface area (Å²) in [5.74, 6) is 5.75. The Balaban J connectivity index is 0.00000523. The minimum atomic E-state index is -0.0854. The van der Waals surface area contributed by atoms with Crippen LogP contribution in [0.1, 0.15) is 244 Å². The molecule has 0 amide bonds. The molecule has 0 atom stereocenters. The highest BCUT2D eigenvalue weighted by Gasteiger charge is 2.46. The Kier molecular flexibility index (Phi) is 24.4. The summed E-state index contributed by atoms with van der Waals surface area (Å²) < 4.78 is 0. The Labute approximate surface area is 566 Å². The third kappa shape index (κ3) is 21.3. The van der Waals surface area contributed by atoms with Crippen molar-refractivity contribution >= 4 is 47.6 Å². The van der Waals surface area contributed by atoms with Crippen molar-refractivity contribution in [3.63, 3.8) is 0 Å². The van der Waals surface area contributed by atoms with Gasteiger partial charge in [-0.3, -0.25) is 4.90 Å². The van der Waals surface area contributed by atoms with Crippen LogP contribution in [0.5, 0.6) is 0 Å². The van der Waals surface area contributed by atoms with E-state index in [4.69, 9.17) is 44.9 Å². The second-order valence-corrected chi connectivity index (χ2v) is 35.0. The number of hydrogen-bond acceptors (Lipinski definition) is 23. The van der Waals surface area contributed by atoms with Gasteiger partial charge in [0, 0.05) is 127 Å². The lowest BCUT2D eigenvalue weighted by Crippen LogP contribution is -2.62. The molecule has 3 aromatic heterocycles. The maximum Gasteiger partial charge on any atom is 0.233 e. The number of aromatic nitrogens is 9. The molecular weight excluding hydrogens is 1160 g/mol. The van der Waals surface area contributed by atoms with Crippen molar-refractivity contribution in [1.29, 1.82) is 0 Å². The molecule has 0 unspecified atom stereocenters. The smallest absolute Gasteiger partial charge is 0.233 e. The molecule has 23 nitrogen and oxygen atoms in total. The van der Waals surface area contributed by atoms with Crippen LogP contribution in [0.2, 0.25) is 0 Å². The van der Waals surface area contributed by atoms with Crippen LogP contribution in [0.15, 0.2) is 0 Å². The summed E-state index contributed by atoms with van der Waals surface area (Å²) in [6.07, 6.45) is 11.3. The fourth-order valence-corrected chi connectivity index (χ4v) is 17.2. The van der Waals surface area contributed by atoms with Crippen molar-refractivity contribution in [3.8, 4) is 0 Å². The van der Waals surface area contributed by atoms with Gasteiger partial charge in [0.15, 0.2) is 0 Å². The fraction of sp³-hybridized carbons (Fsp3) is 0.871. The predicted molar refractivity (Wildman–Crippen MR) is 394 cm³/mol.